The van der Waals surface area contributed by atoms with Crippen molar-refractivity contribution in [2.75, 3.05) is 5.32 Å². The first-order valence-electron chi connectivity index (χ1n) is 7.06. The highest BCUT2D eigenvalue weighted by atomic mass is 35.5. The Morgan fingerprint density at radius 2 is 1.65 bits per heavy atom. The van der Waals surface area contributed by atoms with Crippen molar-refractivity contribution in [2.24, 2.45) is 0 Å². The zero-order valence-electron chi connectivity index (χ0n) is 12.8. The molecule has 0 fully saturated rings. The third kappa shape index (κ3) is 4.72. The van der Waals surface area contributed by atoms with E-state index >= 15 is 0 Å². The van der Waals surface area contributed by atoms with Gasteiger partial charge in [0.25, 0.3) is 0 Å². The number of nitrogens with one attached hydrogen (secondary N) is 2. The average molecular weight is 333 g/mol. The summed E-state index contributed by atoms with van der Waals surface area (Å²) in [5.74, 6) is 0.346. The monoisotopic (exact) mass is 332 g/mol. The maximum Gasteiger partial charge on any atom is 0.246 e. The van der Waals surface area contributed by atoms with Crippen LogP contribution >= 0.6 is 11.6 Å². The van der Waals surface area contributed by atoms with E-state index in [0.29, 0.717) is 22.2 Å². The zero-order valence-corrected chi connectivity index (χ0v) is 13.6. The number of anilines is 1. The Labute approximate surface area is 139 Å². The number of ether oxygens (including phenoxy) is 1. The van der Waals surface area contributed by atoms with E-state index in [1.807, 2.05) is 0 Å². The van der Waals surface area contributed by atoms with Crippen LogP contribution in [0, 0.1) is 0 Å². The minimum absolute atomic E-state index is 0.270. The number of halogens is 1. The first kappa shape index (κ1) is 16.8. The molecule has 0 aromatic heterocycles. The van der Waals surface area contributed by atoms with Gasteiger partial charge in [0.05, 0.1) is 10.7 Å². The van der Waals surface area contributed by atoms with Crippen LogP contribution in [0.5, 0.6) is 11.5 Å². The molecule has 0 saturated carbocycles. The predicted octanol–water partition coefficient (Wildman–Crippen LogP) is 3.60. The van der Waals surface area contributed by atoms with Gasteiger partial charge in [-0.15, -0.1) is 0 Å². The van der Waals surface area contributed by atoms with Crippen molar-refractivity contribution in [1.29, 1.82) is 0 Å². The van der Waals surface area contributed by atoms with E-state index in [4.69, 9.17) is 16.3 Å². The van der Waals surface area contributed by atoms with Gasteiger partial charge < -0.3 is 15.4 Å². The number of hydrogen-bond acceptors (Lipinski definition) is 3. The highest BCUT2D eigenvalue weighted by molar-refractivity contribution is 6.32. The summed E-state index contributed by atoms with van der Waals surface area (Å²) in [7, 11) is 0. The maximum absolute atomic E-state index is 12.1. The first-order chi connectivity index (χ1) is 11.0. The van der Waals surface area contributed by atoms with Crippen LogP contribution in [0.3, 0.4) is 0 Å². The van der Waals surface area contributed by atoms with Crippen molar-refractivity contribution >= 4 is 29.1 Å². The number of hydrogen-bond donors (Lipinski definition) is 2. The van der Waals surface area contributed by atoms with E-state index in [1.165, 1.54) is 6.92 Å². The van der Waals surface area contributed by atoms with Crippen LogP contribution in [-0.2, 0) is 9.59 Å². The molecule has 23 heavy (non-hydrogen) atoms. The van der Waals surface area contributed by atoms with Crippen molar-refractivity contribution in [3.05, 3.63) is 53.6 Å². The van der Waals surface area contributed by atoms with Crippen LogP contribution in [0.15, 0.2) is 48.5 Å². The Morgan fingerprint density at radius 3 is 2.30 bits per heavy atom. The Morgan fingerprint density at radius 1 is 1.04 bits per heavy atom. The SMILES string of the molecule is CC(=O)N[C@H](C)C(=O)Nc1ccccc1Oc1ccccc1Cl. The lowest BCUT2D eigenvalue weighted by atomic mass is 10.2. The van der Waals surface area contributed by atoms with Crippen LogP contribution in [0.2, 0.25) is 5.02 Å². The zero-order chi connectivity index (χ0) is 16.8. The topological polar surface area (TPSA) is 67.4 Å². The lowest BCUT2D eigenvalue weighted by Gasteiger charge is -2.16. The van der Waals surface area contributed by atoms with Crippen molar-refractivity contribution in [3.8, 4) is 11.5 Å². The van der Waals surface area contributed by atoms with Crippen molar-refractivity contribution in [2.45, 2.75) is 19.9 Å². The van der Waals surface area contributed by atoms with Crippen molar-refractivity contribution in [3.63, 3.8) is 0 Å². The van der Waals surface area contributed by atoms with Gasteiger partial charge in [0, 0.05) is 6.92 Å². The summed E-state index contributed by atoms with van der Waals surface area (Å²) in [5.41, 5.74) is 0.495. The molecular formula is C17H17ClN2O3. The molecule has 0 unspecified atom stereocenters. The summed E-state index contributed by atoms with van der Waals surface area (Å²) >= 11 is 6.08. The minimum atomic E-state index is -0.652. The van der Waals surface area contributed by atoms with Gasteiger partial charge in [0.1, 0.15) is 11.8 Å². The number of carbonyl (C=O) groups excluding carboxylic acids is 2. The highest BCUT2D eigenvalue weighted by Gasteiger charge is 2.16. The number of rotatable bonds is 5. The molecule has 0 aliphatic rings. The standard InChI is InChI=1S/C17H17ClN2O3/c1-11(19-12(2)21)17(22)20-14-8-4-6-10-16(14)23-15-9-5-3-7-13(15)18/h3-11H,1-2H3,(H,19,21)(H,20,22)/t11-/m1/s1. The average Bonchev–Trinajstić information content (AvgIpc) is 2.50. The minimum Gasteiger partial charge on any atom is -0.454 e. The summed E-state index contributed by atoms with van der Waals surface area (Å²) in [4.78, 5) is 23.1. The molecule has 2 rings (SSSR count). The number of carbonyl (C=O) groups is 2. The normalized spacial score (nSPS) is 11.4. The van der Waals surface area contributed by atoms with Crippen LogP contribution < -0.4 is 15.4 Å². The number of para-hydroxylation sites is 3. The van der Waals surface area contributed by atoms with E-state index in [1.54, 1.807) is 55.5 Å². The molecule has 2 amide bonds. The largest absolute Gasteiger partial charge is 0.454 e. The van der Waals surface area contributed by atoms with Gasteiger partial charge in [0.15, 0.2) is 5.75 Å². The number of amides is 2. The summed E-state index contributed by atoms with van der Waals surface area (Å²) in [6.45, 7) is 2.96. The Hall–Kier alpha value is -2.53. The second kappa shape index (κ2) is 7.65. The van der Waals surface area contributed by atoms with E-state index in [-0.39, 0.29) is 11.8 Å². The summed E-state index contributed by atoms with van der Waals surface area (Å²) < 4.78 is 5.77. The summed E-state index contributed by atoms with van der Waals surface area (Å²) in [6, 6.07) is 13.4. The van der Waals surface area contributed by atoms with Crippen LogP contribution in [0.1, 0.15) is 13.8 Å². The fourth-order valence-electron chi connectivity index (χ4n) is 1.92. The van der Waals surface area contributed by atoms with Gasteiger partial charge in [-0.05, 0) is 31.2 Å². The van der Waals surface area contributed by atoms with Gasteiger partial charge in [0.2, 0.25) is 11.8 Å². The molecule has 0 spiro atoms. The molecular weight excluding hydrogens is 316 g/mol. The maximum atomic E-state index is 12.1. The number of benzene rings is 2. The van der Waals surface area contributed by atoms with E-state index in [9.17, 15) is 9.59 Å². The van der Waals surface area contributed by atoms with Crippen molar-refractivity contribution < 1.29 is 14.3 Å². The molecule has 0 aliphatic carbocycles. The van der Waals surface area contributed by atoms with Gasteiger partial charge >= 0.3 is 0 Å². The third-order valence-electron chi connectivity index (χ3n) is 3.01. The van der Waals surface area contributed by atoms with Crippen molar-refractivity contribution in [1.82, 2.24) is 5.32 Å². The molecule has 6 heteroatoms. The molecule has 5 nitrogen and oxygen atoms in total. The molecule has 2 aromatic rings. The van der Waals surface area contributed by atoms with Gasteiger partial charge in [-0.2, -0.15) is 0 Å². The highest BCUT2D eigenvalue weighted by Crippen LogP contribution is 2.33. The molecule has 2 N–H and O–H groups in total. The van der Waals surface area contributed by atoms with E-state index in [2.05, 4.69) is 10.6 Å². The Kier molecular flexibility index (Phi) is 5.60. The van der Waals surface area contributed by atoms with Crippen LogP contribution in [0.4, 0.5) is 5.69 Å². The van der Waals surface area contributed by atoms with Gasteiger partial charge in [-0.1, -0.05) is 35.9 Å². The molecule has 1 atom stereocenters. The Bertz CT molecular complexity index is 718. The second-order valence-electron chi connectivity index (χ2n) is 4.94. The van der Waals surface area contributed by atoms with E-state index < -0.39 is 6.04 Å². The molecule has 0 aliphatic heterocycles. The molecule has 2 aromatic carbocycles. The second-order valence-corrected chi connectivity index (χ2v) is 5.35. The molecule has 0 radical (unpaired) electrons. The Balaban J connectivity index is 2.16. The first-order valence-corrected chi connectivity index (χ1v) is 7.44. The summed E-state index contributed by atoms with van der Waals surface area (Å²) in [5, 5.41) is 5.73. The van der Waals surface area contributed by atoms with Gasteiger partial charge in [-0.25, -0.2) is 0 Å². The fourth-order valence-corrected chi connectivity index (χ4v) is 2.09. The summed E-state index contributed by atoms with van der Waals surface area (Å²) in [6.07, 6.45) is 0. The van der Waals surface area contributed by atoms with Gasteiger partial charge in [-0.3, -0.25) is 9.59 Å². The predicted molar refractivity (Wildman–Crippen MR) is 89.9 cm³/mol. The van der Waals surface area contributed by atoms with E-state index in [0.717, 1.165) is 0 Å². The van der Waals surface area contributed by atoms with Crippen LogP contribution in [0.25, 0.3) is 0 Å². The smallest absolute Gasteiger partial charge is 0.246 e. The lowest BCUT2D eigenvalue weighted by Crippen LogP contribution is -2.40. The fraction of sp³-hybridized carbons (Fsp3) is 0.176. The molecule has 0 bridgehead atoms. The van der Waals surface area contributed by atoms with Crippen LogP contribution in [-0.4, -0.2) is 17.9 Å². The molecule has 120 valence electrons. The quantitative estimate of drug-likeness (QED) is 0.879. The molecule has 0 saturated heterocycles. The lowest BCUT2D eigenvalue weighted by molar-refractivity contribution is -0.124. The molecule has 0 heterocycles. The third-order valence-corrected chi connectivity index (χ3v) is 3.33.